The number of carbonyl (C=O) groups excluding carboxylic acids is 1. The first-order valence-electron chi connectivity index (χ1n) is 9.69. The average molecular weight is 386 g/mol. The largest absolute Gasteiger partial charge is 0.493 e. The summed E-state index contributed by atoms with van der Waals surface area (Å²) in [6, 6.07) is 11.6. The Hall–Kier alpha value is -2.69. The molecule has 0 spiro atoms. The Bertz CT molecular complexity index is 803. The van der Waals surface area contributed by atoms with E-state index < -0.39 is 6.10 Å². The molecule has 0 saturated carbocycles. The van der Waals surface area contributed by atoms with Gasteiger partial charge < -0.3 is 19.5 Å². The SMILES string of the molecule is CC[C@H](NC(=O)[C@@H](CC)Oc1cc(C)ccc1C)c1ccc(OC)c(OC)c1. The third-order valence-corrected chi connectivity index (χ3v) is 4.81. The molecule has 5 nitrogen and oxygen atoms in total. The van der Waals surface area contributed by atoms with Gasteiger partial charge in [0.1, 0.15) is 5.75 Å². The lowest BCUT2D eigenvalue weighted by atomic mass is 10.0. The van der Waals surface area contributed by atoms with E-state index in [0.29, 0.717) is 17.9 Å². The van der Waals surface area contributed by atoms with E-state index in [1.54, 1.807) is 14.2 Å². The number of rotatable bonds is 9. The molecule has 0 aliphatic carbocycles. The van der Waals surface area contributed by atoms with Gasteiger partial charge in [-0.3, -0.25) is 4.79 Å². The molecular formula is C23H31NO4. The minimum absolute atomic E-state index is 0.120. The third-order valence-electron chi connectivity index (χ3n) is 4.81. The highest BCUT2D eigenvalue weighted by atomic mass is 16.5. The zero-order valence-electron chi connectivity index (χ0n) is 17.7. The van der Waals surface area contributed by atoms with Crippen molar-refractivity contribution in [3.63, 3.8) is 0 Å². The summed E-state index contributed by atoms with van der Waals surface area (Å²) in [6.07, 6.45) is 0.789. The van der Waals surface area contributed by atoms with Crippen molar-refractivity contribution in [2.45, 2.75) is 52.7 Å². The molecule has 28 heavy (non-hydrogen) atoms. The minimum atomic E-state index is -0.547. The maximum atomic E-state index is 12.9. The van der Waals surface area contributed by atoms with Gasteiger partial charge in [0.05, 0.1) is 20.3 Å². The maximum absolute atomic E-state index is 12.9. The van der Waals surface area contributed by atoms with E-state index in [1.165, 1.54) is 0 Å². The minimum Gasteiger partial charge on any atom is -0.493 e. The fourth-order valence-corrected chi connectivity index (χ4v) is 3.07. The van der Waals surface area contributed by atoms with Gasteiger partial charge in [-0.25, -0.2) is 0 Å². The maximum Gasteiger partial charge on any atom is 0.261 e. The summed E-state index contributed by atoms with van der Waals surface area (Å²) in [5.74, 6) is 1.94. The van der Waals surface area contributed by atoms with Gasteiger partial charge in [-0.05, 0) is 61.6 Å². The Labute approximate surface area is 168 Å². The molecule has 0 unspecified atom stereocenters. The van der Waals surface area contributed by atoms with Crippen molar-refractivity contribution in [2.75, 3.05) is 14.2 Å². The molecule has 0 saturated heterocycles. The average Bonchev–Trinajstić information content (AvgIpc) is 2.71. The Balaban J connectivity index is 2.16. The lowest BCUT2D eigenvalue weighted by Gasteiger charge is -2.23. The van der Waals surface area contributed by atoms with Crippen LogP contribution in [-0.4, -0.2) is 26.2 Å². The van der Waals surface area contributed by atoms with Crippen molar-refractivity contribution in [3.05, 3.63) is 53.1 Å². The van der Waals surface area contributed by atoms with Crippen molar-refractivity contribution < 1.29 is 19.0 Å². The monoisotopic (exact) mass is 385 g/mol. The van der Waals surface area contributed by atoms with Crippen LogP contribution in [0.5, 0.6) is 17.2 Å². The second kappa shape index (κ2) is 10.0. The van der Waals surface area contributed by atoms with Crippen molar-refractivity contribution in [1.82, 2.24) is 5.32 Å². The number of ether oxygens (including phenoxy) is 3. The van der Waals surface area contributed by atoms with E-state index in [9.17, 15) is 4.79 Å². The molecule has 0 fully saturated rings. The van der Waals surface area contributed by atoms with Crippen LogP contribution >= 0.6 is 0 Å². The molecule has 2 rings (SSSR count). The number of aryl methyl sites for hydroxylation is 2. The summed E-state index contributed by atoms with van der Waals surface area (Å²) >= 11 is 0. The van der Waals surface area contributed by atoms with Crippen LogP contribution in [0.2, 0.25) is 0 Å². The van der Waals surface area contributed by atoms with Gasteiger partial charge >= 0.3 is 0 Å². The normalized spacial score (nSPS) is 12.8. The number of hydrogen-bond donors (Lipinski definition) is 1. The predicted octanol–water partition coefficient (Wildman–Crippen LogP) is 4.75. The van der Waals surface area contributed by atoms with Crippen LogP contribution in [0.3, 0.4) is 0 Å². The van der Waals surface area contributed by atoms with Crippen LogP contribution < -0.4 is 19.5 Å². The number of nitrogens with one attached hydrogen (secondary N) is 1. The van der Waals surface area contributed by atoms with Gasteiger partial charge in [0.15, 0.2) is 17.6 Å². The fourth-order valence-electron chi connectivity index (χ4n) is 3.07. The van der Waals surface area contributed by atoms with Crippen LogP contribution in [0.15, 0.2) is 36.4 Å². The van der Waals surface area contributed by atoms with Crippen LogP contribution in [-0.2, 0) is 4.79 Å². The van der Waals surface area contributed by atoms with Gasteiger partial charge in [0.2, 0.25) is 0 Å². The van der Waals surface area contributed by atoms with Crippen molar-refractivity contribution >= 4 is 5.91 Å². The van der Waals surface area contributed by atoms with E-state index in [2.05, 4.69) is 5.32 Å². The van der Waals surface area contributed by atoms with E-state index in [0.717, 1.165) is 28.9 Å². The fraction of sp³-hybridized carbons (Fsp3) is 0.435. The molecule has 0 aliphatic rings. The Kier molecular flexibility index (Phi) is 7.73. The first-order valence-corrected chi connectivity index (χ1v) is 9.69. The number of methoxy groups -OCH3 is 2. The van der Waals surface area contributed by atoms with Crippen LogP contribution in [0.1, 0.15) is 49.4 Å². The molecular weight excluding hydrogens is 354 g/mol. The Morgan fingerprint density at radius 1 is 0.929 bits per heavy atom. The summed E-state index contributed by atoms with van der Waals surface area (Å²) in [5, 5.41) is 3.12. The Morgan fingerprint density at radius 2 is 1.64 bits per heavy atom. The van der Waals surface area contributed by atoms with Gasteiger partial charge in [-0.1, -0.05) is 32.0 Å². The highest BCUT2D eigenvalue weighted by Crippen LogP contribution is 2.31. The molecule has 1 amide bonds. The number of hydrogen-bond acceptors (Lipinski definition) is 4. The summed E-state index contributed by atoms with van der Waals surface area (Å²) in [4.78, 5) is 12.9. The molecule has 0 bridgehead atoms. The standard InChI is InChI=1S/C23H31NO4/c1-7-18(17-11-12-20(26-5)22(14-17)27-6)24-23(25)19(8-2)28-21-13-15(3)9-10-16(21)4/h9-14,18-19H,7-8H2,1-6H3,(H,24,25)/t18-,19+/m0/s1. The summed E-state index contributed by atoms with van der Waals surface area (Å²) < 4.78 is 16.7. The van der Waals surface area contributed by atoms with Crippen LogP contribution in [0.25, 0.3) is 0 Å². The van der Waals surface area contributed by atoms with E-state index >= 15 is 0 Å². The molecule has 0 heterocycles. The van der Waals surface area contributed by atoms with E-state index in [1.807, 2.05) is 64.1 Å². The Morgan fingerprint density at radius 3 is 2.25 bits per heavy atom. The molecule has 5 heteroatoms. The predicted molar refractivity (Wildman–Crippen MR) is 111 cm³/mol. The number of carbonyl (C=O) groups is 1. The molecule has 2 aromatic rings. The molecule has 1 N–H and O–H groups in total. The molecule has 152 valence electrons. The van der Waals surface area contributed by atoms with Crippen molar-refractivity contribution in [2.24, 2.45) is 0 Å². The third kappa shape index (κ3) is 5.18. The van der Waals surface area contributed by atoms with Crippen LogP contribution in [0.4, 0.5) is 0 Å². The van der Waals surface area contributed by atoms with Gasteiger partial charge in [0, 0.05) is 0 Å². The van der Waals surface area contributed by atoms with Gasteiger partial charge in [0.25, 0.3) is 5.91 Å². The lowest BCUT2D eigenvalue weighted by molar-refractivity contribution is -0.129. The molecule has 0 aliphatic heterocycles. The van der Waals surface area contributed by atoms with Crippen molar-refractivity contribution in [3.8, 4) is 17.2 Å². The van der Waals surface area contributed by atoms with E-state index in [4.69, 9.17) is 14.2 Å². The molecule has 2 atom stereocenters. The quantitative estimate of drug-likeness (QED) is 0.677. The highest BCUT2D eigenvalue weighted by Gasteiger charge is 2.23. The summed E-state index contributed by atoms with van der Waals surface area (Å²) in [7, 11) is 3.21. The first kappa shape index (κ1) is 21.6. The smallest absolute Gasteiger partial charge is 0.261 e. The van der Waals surface area contributed by atoms with Gasteiger partial charge in [-0.15, -0.1) is 0 Å². The molecule has 2 aromatic carbocycles. The number of amides is 1. The second-order valence-corrected chi connectivity index (χ2v) is 6.87. The first-order chi connectivity index (χ1) is 13.4. The lowest BCUT2D eigenvalue weighted by Crippen LogP contribution is -2.40. The van der Waals surface area contributed by atoms with Crippen molar-refractivity contribution in [1.29, 1.82) is 0 Å². The molecule has 0 aromatic heterocycles. The zero-order valence-corrected chi connectivity index (χ0v) is 17.7. The summed E-state index contributed by atoms with van der Waals surface area (Å²) in [5.41, 5.74) is 3.09. The zero-order chi connectivity index (χ0) is 20.7. The van der Waals surface area contributed by atoms with E-state index in [-0.39, 0.29) is 11.9 Å². The van der Waals surface area contributed by atoms with Gasteiger partial charge in [-0.2, -0.15) is 0 Å². The molecule has 0 radical (unpaired) electrons. The summed E-state index contributed by atoms with van der Waals surface area (Å²) in [6.45, 7) is 7.98. The van der Waals surface area contributed by atoms with Crippen LogP contribution in [0, 0.1) is 13.8 Å². The topological polar surface area (TPSA) is 56.8 Å². The highest BCUT2D eigenvalue weighted by molar-refractivity contribution is 5.81. The number of benzene rings is 2. The second-order valence-electron chi connectivity index (χ2n) is 6.87.